The lowest BCUT2D eigenvalue weighted by molar-refractivity contribution is -0.138. The summed E-state index contributed by atoms with van der Waals surface area (Å²) in [4.78, 5) is 23.2. The van der Waals surface area contributed by atoms with Crippen LogP contribution in [0.2, 0.25) is 0 Å². The van der Waals surface area contributed by atoms with Gasteiger partial charge in [0.2, 0.25) is 0 Å². The van der Waals surface area contributed by atoms with E-state index in [-0.39, 0.29) is 18.7 Å². The second-order valence-corrected chi connectivity index (χ2v) is 3.86. The summed E-state index contributed by atoms with van der Waals surface area (Å²) in [5.41, 5.74) is 0.251. The normalized spacial score (nSPS) is 9.90. The Morgan fingerprint density at radius 2 is 2.05 bits per heavy atom. The van der Waals surface area contributed by atoms with Gasteiger partial charge in [-0.15, -0.1) is 0 Å². The van der Waals surface area contributed by atoms with E-state index < -0.39 is 30.2 Å². The average Bonchev–Trinajstić information content (AvgIpc) is 2.39. The summed E-state index contributed by atoms with van der Waals surface area (Å²) < 4.78 is 30.6. The molecule has 0 spiro atoms. The number of hydrogen-bond donors (Lipinski definition) is 1. The molecule has 0 atom stereocenters. The van der Waals surface area contributed by atoms with Crippen molar-refractivity contribution in [1.82, 2.24) is 4.90 Å². The second kappa shape index (κ2) is 7.22. The Kier molecular flexibility index (Phi) is 5.64. The number of benzene rings is 1. The van der Waals surface area contributed by atoms with Gasteiger partial charge in [-0.2, -0.15) is 0 Å². The Morgan fingerprint density at radius 1 is 1.35 bits per heavy atom. The van der Waals surface area contributed by atoms with Gasteiger partial charge >= 0.3 is 12.1 Å². The average molecular weight is 285 g/mol. The highest BCUT2D eigenvalue weighted by atomic mass is 19.2. The topological polar surface area (TPSA) is 66.8 Å². The number of amides is 1. The van der Waals surface area contributed by atoms with Crippen molar-refractivity contribution in [3.8, 4) is 0 Å². The van der Waals surface area contributed by atoms with Crippen molar-refractivity contribution in [3.63, 3.8) is 0 Å². The summed E-state index contributed by atoms with van der Waals surface area (Å²) in [6.07, 6.45) is 0.450. The maximum Gasteiger partial charge on any atom is 0.410 e. The van der Waals surface area contributed by atoms with Crippen molar-refractivity contribution >= 4 is 12.1 Å². The zero-order valence-corrected chi connectivity index (χ0v) is 10.5. The van der Waals surface area contributed by atoms with Crippen molar-refractivity contribution in [3.05, 3.63) is 48.1 Å². The number of carbonyl (C=O) groups excluding carboxylic acids is 1. The summed E-state index contributed by atoms with van der Waals surface area (Å²) in [5, 5.41) is 8.73. The molecule has 1 rings (SSSR count). The van der Waals surface area contributed by atoms with E-state index in [1.165, 1.54) is 12.1 Å². The first-order valence-electron chi connectivity index (χ1n) is 5.62. The van der Waals surface area contributed by atoms with Crippen molar-refractivity contribution in [2.75, 3.05) is 13.2 Å². The molecule has 0 saturated heterocycles. The summed E-state index contributed by atoms with van der Waals surface area (Å²) in [5.74, 6) is -3.34. The molecule has 20 heavy (non-hydrogen) atoms. The minimum atomic E-state index is -1.25. The third-order valence-electron chi connectivity index (χ3n) is 2.27. The maximum absolute atomic E-state index is 13.1. The Labute approximate surface area is 114 Å². The Bertz CT molecular complexity index is 519. The van der Waals surface area contributed by atoms with E-state index in [2.05, 4.69) is 6.58 Å². The number of aliphatic carboxylic acids is 1. The third kappa shape index (κ3) is 4.68. The van der Waals surface area contributed by atoms with Gasteiger partial charge in [0.25, 0.3) is 0 Å². The van der Waals surface area contributed by atoms with Crippen LogP contribution in [0.25, 0.3) is 0 Å². The van der Waals surface area contributed by atoms with Crippen LogP contribution in [0.15, 0.2) is 30.9 Å². The van der Waals surface area contributed by atoms with Crippen molar-refractivity contribution in [2.45, 2.75) is 6.54 Å². The van der Waals surface area contributed by atoms with Crippen molar-refractivity contribution < 1.29 is 28.2 Å². The minimum absolute atomic E-state index is 0.0767. The lowest BCUT2D eigenvalue weighted by Gasteiger charge is -2.20. The van der Waals surface area contributed by atoms with Crippen LogP contribution in [0.4, 0.5) is 13.6 Å². The fourth-order valence-electron chi connectivity index (χ4n) is 1.43. The molecule has 7 heteroatoms. The van der Waals surface area contributed by atoms with Crippen LogP contribution < -0.4 is 0 Å². The molecule has 5 nitrogen and oxygen atoms in total. The third-order valence-corrected chi connectivity index (χ3v) is 2.27. The molecule has 108 valence electrons. The zero-order valence-electron chi connectivity index (χ0n) is 10.5. The lowest BCUT2D eigenvalue weighted by atomic mass is 10.2. The number of halogens is 2. The monoisotopic (exact) mass is 285 g/mol. The fraction of sp³-hybridized carbons (Fsp3) is 0.231. The standard InChI is InChI=1S/C13H13F2NO4/c1-2-5-20-13(19)16(8-12(17)18)7-9-3-4-10(14)11(15)6-9/h2-4,6H,1,5,7-8H2,(H,17,18). The number of rotatable bonds is 6. The van der Waals surface area contributed by atoms with Crippen LogP contribution >= 0.6 is 0 Å². The van der Waals surface area contributed by atoms with Crippen LogP contribution in [0.1, 0.15) is 5.56 Å². The molecule has 0 heterocycles. The highest BCUT2D eigenvalue weighted by molar-refractivity contribution is 5.76. The summed E-state index contributed by atoms with van der Waals surface area (Å²) in [7, 11) is 0. The van der Waals surface area contributed by atoms with E-state index in [0.717, 1.165) is 17.0 Å². The zero-order chi connectivity index (χ0) is 15.1. The SMILES string of the molecule is C=CCOC(=O)N(CC(=O)O)Cc1ccc(F)c(F)c1. The van der Waals surface area contributed by atoms with Crippen molar-refractivity contribution in [2.24, 2.45) is 0 Å². The number of carbonyl (C=O) groups is 2. The molecule has 0 saturated carbocycles. The molecule has 0 bridgehead atoms. The molecule has 1 aromatic carbocycles. The van der Waals surface area contributed by atoms with Gasteiger partial charge in [-0.1, -0.05) is 18.7 Å². The maximum atomic E-state index is 13.1. The van der Waals surface area contributed by atoms with Gasteiger partial charge in [0, 0.05) is 6.54 Å². The van der Waals surface area contributed by atoms with Crippen molar-refractivity contribution in [1.29, 1.82) is 0 Å². The van der Waals surface area contributed by atoms with Crippen LogP contribution in [0.3, 0.4) is 0 Å². The first-order chi connectivity index (χ1) is 9.43. The molecule has 0 aromatic heterocycles. The highest BCUT2D eigenvalue weighted by Gasteiger charge is 2.19. The van der Waals surface area contributed by atoms with Gasteiger partial charge in [-0.3, -0.25) is 9.69 Å². The summed E-state index contributed by atoms with van der Waals surface area (Å²) in [6.45, 7) is 2.45. The molecule has 1 aromatic rings. The Hall–Kier alpha value is -2.44. The smallest absolute Gasteiger partial charge is 0.410 e. The Morgan fingerprint density at radius 3 is 2.60 bits per heavy atom. The van der Waals surface area contributed by atoms with Gasteiger partial charge in [0.1, 0.15) is 13.2 Å². The molecule has 1 N–H and O–H groups in total. The highest BCUT2D eigenvalue weighted by Crippen LogP contribution is 2.11. The summed E-state index contributed by atoms with van der Waals surface area (Å²) >= 11 is 0. The van der Waals surface area contributed by atoms with Crippen LogP contribution in [-0.2, 0) is 16.1 Å². The number of ether oxygens (including phenoxy) is 1. The van der Waals surface area contributed by atoms with E-state index in [0.29, 0.717) is 0 Å². The number of hydrogen-bond acceptors (Lipinski definition) is 3. The molecule has 0 aliphatic rings. The summed E-state index contributed by atoms with van der Waals surface area (Å²) in [6, 6.07) is 3.05. The van der Waals surface area contributed by atoms with E-state index in [4.69, 9.17) is 9.84 Å². The molecule has 0 aliphatic carbocycles. The predicted molar refractivity (Wildman–Crippen MR) is 65.9 cm³/mol. The van der Waals surface area contributed by atoms with E-state index in [1.807, 2.05) is 0 Å². The molecule has 0 unspecified atom stereocenters. The van der Waals surface area contributed by atoms with Gasteiger partial charge in [-0.25, -0.2) is 13.6 Å². The van der Waals surface area contributed by atoms with Gasteiger partial charge in [-0.05, 0) is 17.7 Å². The van der Waals surface area contributed by atoms with E-state index >= 15 is 0 Å². The lowest BCUT2D eigenvalue weighted by Crippen LogP contribution is -2.35. The molecule has 0 fully saturated rings. The number of carboxylic acids is 1. The van der Waals surface area contributed by atoms with Crippen LogP contribution in [0.5, 0.6) is 0 Å². The largest absolute Gasteiger partial charge is 0.480 e. The molecule has 0 radical (unpaired) electrons. The van der Waals surface area contributed by atoms with Gasteiger partial charge < -0.3 is 9.84 Å². The van der Waals surface area contributed by atoms with E-state index in [1.54, 1.807) is 0 Å². The minimum Gasteiger partial charge on any atom is -0.480 e. The van der Waals surface area contributed by atoms with E-state index in [9.17, 15) is 18.4 Å². The van der Waals surface area contributed by atoms with Gasteiger partial charge in [0.15, 0.2) is 11.6 Å². The first kappa shape index (κ1) is 15.6. The first-order valence-corrected chi connectivity index (χ1v) is 5.62. The molecule has 0 aliphatic heterocycles. The van der Waals surface area contributed by atoms with Crippen LogP contribution in [0, 0.1) is 11.6 Å². The number of carboxylic acid groups (broad SMARTS) is 1. The Balaban J connectivity index is 2.82. The van der Waals surface area contributed by atoms with Crippen LogP contribution in [-0.4, -0.2) is 35.2 Å². The predicted octanol–water partition coefficient (Wildman–Crippen LogP) is 2.17. The molecular weight excluding hydrogens is 272 g/mol. The fourth-order valence-corrected chi connectivity index (χ4v) is 1.43. The number of nitrogens with zero attached hydrogens (tertiary/aromatic N) is 1. The molecule has 1 amide bonds. The second-order valence-electron chi connectivity index (χ2n) is 3.86. The van der Waals surface area contributed by atoms with Gasteiger partial charge in [0.05, 0.1) is 0 Å². The quantitative estimate of drug-likeness (QED) is 0.813. The molecular formula is C13H13F2NO4.